The summed E-state index contributed by atoms with van der Waals surface area (Å²) in [6, 6.07) is 9.70. The van der Waals surface area contributed by atoms with Crippen LogP contribution in [0.2, 0.25) is 5.02 Å². The number of fused-ring (bicyclic) bond motifs is 1. The van der Waals surface area contributed by atoms with E-state index in [1.807, 2.05) is 30.3 Å². The topological polar surface area (TPSA) is 90.9 Å². The highest BCUT2D eigenvalue weighted by Gasteiger charge is 2.38. The SMILES string of the molecule is O=c1c(Cl)c(CCc2ccccc2)oc2c1C(O)C(O)C(O)C2. The third-order valence-corrected chi connectivity index (χ3v) is 4.51. The second kappa shape index (κ2) is 6.45. The molecule has 1 aromatic carbocycles. The fraction of sp³-hybridized carbons (Fsp3) is 0.353. The van der Waals surface area contributed by atoms with Crippen molar-refractivity contribution < 1.29 is 19.7 Å². The maximum absolute atomic E-state index is 12.4. The third kappa shape index (κ3) is 3.05. The molecule has 0 fully saturated rings. The third-order valence-electron chi connectivity index (χ3n) is 4.13. The summed E-state index contributed by atoms with van der Waals surface area (Å²) >= 11 is 6.08. The Balaban J connectivity index is 1.93. The van der Waals surface area contributed by atoms with Crippen molar-refractivity contribution in [1.29, 1.82) is 0 Å². The number of halogens is 1. The zero-order chi connectivity index (χ0) is 16.6. The number of aliphatic hydroxyl groups is 3. The van der Waals surface area contributed by atoms with Crippen molar-refractivity contribution in [3.05, 3.63) is 68.2 Å². The zero-order valence-corrected chi connectivity index (χ0v) is 13.0. The van der Waals surface area contributed by atoms with Crippen molar-refractivity contribution in [1.82, 2.24) is 0 Å². The first kappa shape index (κ1) is 16.2. The first-order valence-electron chi connectivity index (χ1n) is 7.41. The number of hydrogen-bond acceptors (Lipinski definition) is 5. The van der Waals surface area contributed by atoms with E-state index >= 15 is 0 Å². The molecule has 3 N–H and O–H groups in total. The fourth-order valence-corrected chi connectivity index (χ4v) is 3.06. The van der Waals surface area contributed by atoms with Gasteiger partial charge in [0.1, 0.15) is 28.8 Å². The highest BCUT2D eigenvalue weighted by molar-refractivity contribution is 6.31. The predicted octanol–water partition coefficient (Wildman–Crippen LogP) is 1.39. The molecule has 0 bridgehead atoms. The van der Waals surface area contributed by atoms with Crippen LogP contribution in [0.15, 0.2) is 39.5 Å². The maximum Gasteiger partial charge on any atom is 0.209 e. The molecule has 5 nitrogen and oxygen atoms in total. The van der Waals surface area contributed by atoms with Gasteiger partial charge in [0, 0.05) is 12.8 Å². The summed E-state index contributed by atoms with van der Waals surface area (Å²) < 4.78 is 5.66. The van der Waals surface area contributed by atoms with Gasteiger partial charge in [0.25, 0.3) is 0 Å². The highest BCUT2D eigenvalue weighted by Crippen LogP contribution is 2.31. The molecule has 0 spiro atoms. The minimum atomic E-state index is -1.49. The first-order valence-corrected chi connectivity index (χ1v) is 7.79. The van der Waals surface area contributed by atoms with E-state index in [0.29, 0.717) is 18.6 Å². The molecule has 3 rings (SSSR count). The number of hydrogen-bond donors (Lipinski definition) is 3. The van der Waals surface area contributed by atoms with Crippen molar-refractivity contribution >= 4 is 11.6 Å². The zero-order valence-electron chi connectivity index (χ0n) is 12.3. The van der Waals surface area contributed by atoms with Crippen LogP contribution in [0.4, 0.5) is 0 Å². The fourth-order valence-electron chi connectivity index (χ4n) is 2.83. The van der Waals surface area contributed by atoms with Crippen molar-refractivity contribution in [3.8, 4) is 0 Å². The second-order valence-electron chi connectivity index (χ2n) is 5.70. The van der Waals surface area contributed by atoms with Crippen molar-refractivity contribution in [3.63, 3.8) is 0 Å². The summed E-state index contributed by atoms with van der Waals surface area (Å²) in [4.78, 5) is 12.4. The summed E-state index contributed by atoms with van der Waals surface area (Å²) in [5.74, 6) is 0.517. The highest BCUT2D eigenvalue weighted by atomic mass is 35.5. The van der Waals surface area contributed by atoms with Crippen LogP contribution in [0.1, 0.15) is 28.8 Å². The van der Waals surface area contributed by atoms with Crippen LogP contribution in [0.3, 0.4) is 0 Å². The van der Waals surface area contributed by atoms with Gasteiger partial charge in [-0.05, 0) is 12.0 Å². The van der Waals surface area contributed by atoms with E-state index in [4.69, 9.17) is 16.0 Å². The Hall–Kier alpha value is -1.66. The molecule has 3 atom stereocenters. The number of rotatable bonds is 3. The van der Waals surface area contributed by atoms with E-state index in [9.17, 15) is 20.1 Å². The summed E-state index contributed by atoms with van der Waals surface area (Å²) in [7, 11) is 0. The normalized spacial score (nSPS) is 23.6. The van der Waals surface area contributed by atoms with Gasteiger partial charge < -0.3 is 19.7 Å². The quantitative estimate of drug-likeness (QED) is 0.788. The lowest BCUT2D eigenvalue weighted by Gasteiger charge is -2.29. The largest absolute Gasteiger partial charge is 0.464 e. The molecular formula is C17H17ClO5. The van der Waals surface area contributed by atoms with E-state index in [2.05, 4.69) is 0 Å². The van der Waals surface area contributed by atoms with Crippen LogP contribution >= 0.6 is 11.6 Å². The summed E-state index contributed by atoms with van der Waals surface area (Å²) in [6.07, 6.45) is -3.04. The molecule has 0 aliphatic heterocycles. The predicted molar refractivity (Wildman–Crippen MR) is 84.5 cm³/mol. The molecule has 1 aliphatic rings. The lowest BCUT2D eigenvalue weighted by molar-refractivity contribution is -0.0732. The molecule has 1 aromatic heterocycles. The Morgan fingerprint density at radius 3 is 2.52 bits per heavy atom. The summed E-state index contributed by atoms with van der Waals surface area (Å²) in [6.45, 7) is 0. The molecule has 3 unspecified atom stereocenters. The molecule has 0 amide bonds. The molecule has 0 saturated heterocycles. The van der Waals surface area contributed by atoms with Crippen LogP contribution in [-0.4, -0.2) is 27.5 Å². The lowest BCUT2D eigenvalue weighted by atomic mass is 9.89. The number of benzene rings is 1. The summed E-state index contributed by atoms with van der Waals surface area (Å²) in [5, 5.41) is 29.3. The maximum atomic E-state index is 12.4. The van der Waals surface area contributed by atoms with Crippen LogP contribution in [-0.2, 0) is 19.3 Å². The Kier molecular flexibility index (Phi) is 4.55. The lowest BCUT2D eigenvalue weighted by Crippen LogP contribution is -2.41. The van der Waals surface area contributed by atoms with Gasteiger partial charge in [-0.3, -0.25) is 4.79 Å². The van der Waals surface area contributed by atoms with E-state index < -0.39 is 23.7 Å². The molecule has 122 valence electrons. The molecule has 6 heteroatoms. The van der Waals surface area contributed by atoms with Crippen LogP contribution < -0.4 is 5.43 Å². The minimum absolute atomic E-state index is 0.0295. The van der Waals surface area contributed by atoms with Crippen LogP contribution in [0.25, 0.3) is 0 Å². The van der Waals surface area contributed by atoms with Gasteiger partial charge in [-0.2, -0.15) is 0 Å². The summed E-state index contributed by atoms with van der Waals surface area (Å²) in [5.41, 5.74) is 0.477. The van der Waals surface area contributed by atoms with Gasteiger partial charge >= 0.3 is 0 Å². The Labute approximate surface area is 137 Å². The first-order chi connectivity index (χ1) is 11.0. The smallest absolute Gasteiger partial charge is 0.209 e. The van der Waals surface area contributed by atoms with Crippen LogP contribution in [0, 0.1) is 0 Å². The van der Waals surface area contributed by atoms with Gasteiger partial charge in [-0.15, -0.1) is 0 Å². The van der Waals surface area contributed by atoms with E-state index in [0.717, 1.165) is 5.56 Å². The molecular weight excluding hydrogens is 320 g/mol. The van der Waals surface area contributed by atoms with Crippen LogP contribution in [0.5, 0.6) is 0 Å². The van der Waals surface area contributed by atoms with Gasteiger partial charge in [-0.25, -0.2) is 0 Å². The minimum Gasteiger partial charge on any atom is -0.464 e. The van der Waals surface area contributed by atoms with Gasteiger partial charge in [0.05, 0.1) is 11.7 Å². The van der Waals surface area contributed by atoms with Crippen molar-refractivity contribution in [2.75, 3.05) is 0 Å². The van der Waals surface area contributed by atoms with Crippen molar-refractivity contribution in [2.45, 2.75) is 37.6 Å². The Morgan fingerprint density at radius 2 is 1.83 bits per heavy atom. The number of aryl methyl sites for hydroxylation is 2. The Morgan fingerprint density at radius 1 is 1.13 bits per heavy atom. The molecule has 1 aliphatic carbocycles. The molecule has 23 heavy (non-hydrogen) atoms. The van der Waals surface area contributed by atoms with E-state index in [1.54, 1.807) is 0 Å². The average Bonchev–Trinajstić information content (AvgIpc) is 2.55. The second-order valence-corrected chi connectivity index (χ2v) is 6.08. The monoisotopic (exact) mass is 336 g/mol. The van der Waals surface area contributed by atoms with E-state index in [-0.39, 0.29) is 22.8 Å². The van der Waals surface area contributed by atoms with E-state index in [1.165, 1.54) is 0 Å². The number of aliphatic hydroxyl groups excluding tert-OH is 3. The standard InChI is InChI=1S/C17H17ClO5/c18-14-11(7-6-9-4-2-1-3-5-9)23-12-8-10(19)15(20)17(22)13(12)16(14)21/h1-5,10,15,17,19-20,22H,6-8H2. The molecule has 2 aromatic rings. The van der Waals surface area contributed by atoms with Gasteiger partial charge in [0.15, 0.2) is 0 Å². The van der Waals surface area contributed by atoms with Gasteiger partial charge in [0.2, 0.25) is 5.43 Å². The Bertz CT molecular complexity index is 756. The van der Waals surface area contributed by atoms with Crippen molar-refractivity contribution in [2.24, 2.45) is 0 Å². The molecule has 1 heterocycles. The average molecular weight is 337 g/mol. The molecule has 0 radical (unpaired) electrons. The molecule has 0 saturated carbocycles. The van der Waals surface area contributed by atoms with Gasteiger partial charge in [-0.1, -0.05) is 41.9 Å².